The van der Waals surface area contributed by atoms with Crippen molar-refractivity contribution in [1.82, 2.24) is 19.6 Å². The summed E-state index contributed by atoms with van der Waals surface area (Å²) >= 11 is 0. The highest BCUT2D eigenvalue weighted by Gasteiger charge is 2.04. The van der Waals surface area contributed by atoms with Gasteiger partial charge in [0.05, 0.1) is 38.7 Å². The summed E-state index contributed by atoms with van der Waals surface area (Å²) in [5.41, 5.74) is 1.91. The van der Waals surface area contributed by atoms with Crippen LogP contribution in [0.15, 0.2) is 24.8 Å². The van der Waals surface area contributed by atoms with Gasteiger partial charge in [-0.25, -0.2) is 0 Å². The van der Waals surface area contributed by atoms with Crippen molar-refractivity contribution in [2.24, 2.45) is 0 Å². The summed E-state index contributed by atoms with van der Waals surface area (Å²) in [6, 6.07) is 0. The molecule has 0 saturated carbocycles. The number of aliphatic hydroxyl groups is 2. The van der Waals surface area contributed by atoms with Gasteiger partial charge in [-0.05, 0) is 0 Å². The number of rotatable bonds is 5. The average molecular weight is 222 g/mol. The van der Waals surface area contributed by atoms with Crippen LogP contribution in [-0.4, -0.2) is 43.0 Å². The van der Waals surface area contributed by atoms with E-state index in [1.165, 1.54) is 0 Å². The topological polar surface area (TPSA) is 76.1 Å². The van der Waals surface area contributed by atoms with Crippen molar-refractivity contribution >= 4 is 0 Å². The lowest BCUT2D eigenvalue weighted by atomic mass is 10.2. The summed E-state index contributed by atoms with van der Waals surface area (Å²) in [7, 11) is 0. The quantitative estimate of drug-likeness (QED) is 0.730. The van der Waals surface area contributed by atoms with E-state index in [2.05, 4.69) is 10.2 Å². The van der Waals surface area contributed by atoms with E-state index in [-0.39, 0.29) is 13.2 Å². The van der Waals surface area contributed by atoms with Crippen LogP contribution < -0.4 is 0 Å². The molecule has 2 N–H and O–H groups in total. The molecular weight excluding hydrogens is 208 g/mol. The Morgan fingerprint density at radius 3 is 1.69 bits per heavy atom. The number of aliphatic hydroxyl groups excluding tert-OH is 2. The maximum Gasteiger partial charge on any atom is 0.0641 e. The molecule has 86 valence electrons. The summed E-state index contributed by atoms with van der Waals surface area (Å²) in [6.45, 7) is 1.13. The van der Waals surface area contributed by atoms with Gasteiger partial charge in [0, 0.05) is 23.5 Å². The monoisotopic (exact) mass is 222 g/mol. The predicted molar refractivity (Wildman–Crippen MR) is 57.6 cm³/mol. The number of aromatic nitrogens is 4. The lowest BCUT2D eigenvalue weighted by Gasteiger charge is -1.95. The van der Waals surface area contributed by atoms with Gasteiger partial charge in [0.1, 0.15) is 0 Å². The first-order valence-corrected chi connectivity index (χ1v) is 5.10. The van der Waals surface area contributed by atoms with Gasteiger partial charge >= 0.3 is 0 Å². The predicted octanol–water partition coefficient (Wildman–Crippen LogP) is -0.269. The van der Waals surface area contributed by atoms with E-state index in [1.807, 2.05) is 12.4 Å². The molecule has 0 aliphatic rings. The van der Waals surface area contributed by atoms with E-state index in [0.29, 0.717) is 13.1 Å². The Morgan fingerprint density at radius 2 is 1.31 bits per heavy atom. The van der Waals surface area contributed by atoms with Gasteiger partial charge in [-0.2, -0.15) is 10.2 Å². The molecule has 16 heavy (non-hydrogen) atoms. The van der Waals surface area contributed by atoms with Crippen LogP contribution in [0.25, 0.3) is 11.1 Å². The minimum Gasteiger partial charge on any atom is -0.394 e. The molecule has 2 rings (SSSR count). The maximum absolute atomic E-state index is 8.77. The van der Waals surface area contributed by atoms with Gasteiger partial charge in [0.2, 0.25) is 0 Å². The molecule has 2 aromatic rings. The Bertz CT molecular complexity index is 407. The highest BCUT2D eigenvalue weighted by Crippen LogP contribution is 2.17. The largest absolute Gasteiger partial charge is 0.394 e. The van der Waals surface area contributed by atoms with E-state index in [1.54, 1.807) is 21.8 Å². The average Bonchev–Trinajstić information content (AvgIpc) is 2.87. The molecule has 0 fully saturated rings. The van der Waals surface area contributed by atoms with Crippen LogP contribution in [0, 0.1) is 0 Å². The molecule has 0 radical (unpaired) electrons. The molecule has 0 unspecified atom stereocenters. The van der Waals surface area contributed by atoms with Crippen LogP contribution >= 0.6 is 0 Å². The molecule has 6 nitrogen and oxygen atoms in total. The third kappa shape index (κ3) is 2.29. The Kier molecular flexibility index (Phi) is 3.33. The van der Waals surface area contributed by atoms with Crippen LogP contribution in [0.3, 0.4) is 0 Å². The van der Waals surface area contributed by atoms with Crippen molar-refractivity contribution in [2.75, 3.05) is 13.2 Å². The van der Waals surface area contributed by atoms with Gasteiger partial charge in [-0.1, -0.05) is 0 Å². The molecule has 0 aliphatic heterocycles. The number of hydrogen-bond acceptors (Lipinski definition) is 4. The fraction of sp³-hybridized carbons (Fsp3) is 0.400. The van der Waals surface area contributed by atoms with Gasteiger partial charge in [-0.3, -0.25) is 9.36 Å². The standard InChI is InChI=1S/C10H14N4O2/c15-3-1-13-7-9(5-11-13)10-6-12-14(8-10)2-4-16/h5-8,15-16H,1-4H2. The first-order valence-electron chi connectivity index (χ1n) is 5.10. The van der Waals surface area contributed by atoms with Gasteiger partial charge in [0.15, 0.2) is 0 Å². The lowest BCUT2D eigenvalue weighted by Crippen LogP contribution is -2.01. The minimum absolute atomic E-state index is 0.0743. The molecule has 0 saturated heterocycles. The third-order valence-electron chi connectivity index (χ3n) is 2.26. The molecule has 2 aromatic heterocycles. The van der Waals surface area contributed by atoms with Crippen LogP contribution in [0.1, 0.15) is 0 Å². The van der Waals surface area contributed by atoms with Crippen molar-refractivity contribution < 1.29 is 10.2 Å². The molecule has 0 amide bonds. The summed E-state index contributed by atoms with van der Waals surface area (Å²) in [6.07, 6.45) is 7.18. The zero-order valence-electron chi connectivity index (χ0n) is 8.82. The maximum atomic E-state index is 8.77. The first-order chi connectivity index (χ1) is 7.83. The second kappa shape index (κ2) is 4.91. The van der Waals surface area contributed by atoms with Crippen molar-refractivity contribution in [2.45, 2.75) is 13.1 Å². The highest BCUT2D eigenvalue weighted by molar-refractivity contribution is 5.59. The van der Waals surface area contributed by atoms with Gasteiger partial charge < -0.3 is 10.2 Å². The number of nitrogens with zero attached hydrogens (tertiary/aromatic N) is 4. The Hall–Kier alpha value is -1.66. The molecule has 0 aliphatic carbocycles. The number of hydrogen-bond donors (Lipinski definition) is 2. The summed E-state index contributed by atoms with van der Waals surface area (Å²) < 4.78 is 3.36. The highest BCUT2D eigenvalue weighted by atomic mass is 16.3. The van der Waals surface area contributed by atoms with Crippen LogP contribution in [0.2, 0.25) is 0 Å². The molecule has 6 heteroatoms. The lowest BCUT2D eigenvalue weighted by molar-refractivity contribution is 0.269. The van der Waals surface area contributed by atoms with E-state index < -0.39 is 0 Å². The summed E-state index contributed by atoms with van der Waals surface area (Å²) in [5.74, 6) is 0. The molecule has 0 aromatic carbocycles. The molecule has 0 bridgehead atoms. The van der Waals surface area contributed by atoms with E-state index in [0.717, 1.165) is 11.1 Å². The molecule has 0 atom stereocenters. The Labute approximate surface area is 92.8 Å². The van der Waals surface area contributed by atoms with Crippen molar-refractivity contribution in [1.29, 1.82) is 0 Å². The second-order valence-corrected chi connectivity index (χ2v) is 3.43. The van der Waals surface area contributed by atoms with Crippen molar-refractivity contribution in [3.05, 3.63) is 24.8 Å². The first kappa shape index (κ1) is 10.8. The Balaban J connectivity index is 2.14. The fourth-order valence-electron chi connectivity index (χ4n) is 1.47. The van der Waals surface area contributed by atoms with Crippen molar-refractivity contribution in [3.63, 3.8) is 0 Å². The van der Waals surface area contributed by atoms with Gasteiger partial charge in [0.25, 0.3) is 0 Å². The molecule has 0 spiro atoms. The van der Waals surface area contributed by atoms with Crippen LogP contribution in [-0.2, 0) is 13.1 Å². The van der Waals surface area contributed by atoms with Crippen LogP contribution in [0.5, 0.6) is 0 Å². The Morgan fingerprint density at radius 1 is 0.875 bits per heavy atom. The summed E-state index contributed by atoms with van der Waals surface area (Å²) in [5, 5.41) is 25.8. The third-order valence-corrected chi connectivity index (χ3v) is 2.26. The normalized spacial score (nSPS) is 10.9. The van der Waals surface area contributed by atoms with Crippen LogP contribution in [0.4, 0.5) is 0 Å². The van der Waals surface area contributed by atoms with E-state index in [4.69, 9.17) is 10.2 Å². The zero-order valence-corrected chi connectivity index (χ0v) is 8.82. The minimum atomic E-state index is 0.0743. The fourth-order valence-corrected chi connectivity index (χ4v) is 1.47. The van der Waals surface area contributed by atoms with E-state index in [9.17, 15) is 0 Å². The smallest absolute Gasteiger partial charge is 0.0641 e. The van der Waals surface area contributed by atoms with E-state index >= 15 is 0 Å². The second-order valence-electron chi connectivity index (χ2n) is 3.43. The molecular formula is C10H14N4O2. The summed E-state index contributed by atoms with van der Waals surface area (Å²) in [4.78, 5) is 0. The van der Waals surface area contributed by atoms with Crippen molar-refractivity contribution in [3.8, 4) is 11.1 Å². The zero-order chi connectivity index (χ0) is 11.4. The SMILES string of the molecule is OCCn1cc(-c2cnn(CCO)c2)cn1. The van der Waals surface area contributed by atoms with Gasteiger partial charge in [-0.15, -0.1) is 0 Å². The molecule has 2 heterocycles.